The normalized spacial score (nSPS) is 19.7. The monoisotopic (exact) mass is 315 g/mol. The number of nitrogens with zero attached hydrogens (tertiary/aromatic N) is 1. The number of halogens is 2. The molecule has 0 aromatic heterocycles. The fourth-order valence-electron chi connectivity index (χ4n) is 2.28. The predicted molar refractivity (Wildman–Crippen MR) is 74.0 cm³/mol. The number of benzene rings is 1. The lowest BCUT2D eigenvalue weighted by Crippen LogP contribution is -2.31. The topological polar surface area (TPSA) is 12.5 Å². The lowest BCUT2D eigenvalue weighted by atomic mass is 10.2. The zero-order chi connectivity index (χ0) is 13.0. The standard InChI is InChI=1S/C14H19BrFNO/c1-2-17(10-12-4-3-7-18-12)9-11-5-6-14(16)13(15)8-11/h5-6,8,12H,2-4,7,9-10H2,1H3. The third-order valence-electron chi connectivity index (χ3n) is 3.32. The summed E-state index contributed by atoms with van der Waals surface area (Å²) in [6, 6.07) is 5.21. The Kier molecular flexibility index (Phi) is 5.15. The van der Waals surface area contributed by atoms with Gasteiger partial charge in [0.05, 0.1) is 10.6 Å². The first-order chi connectivity index (χ1) is 8.69. The summed E-state index contributed by atoms with van der Waals surface area (Å²) in [6.07, 6.45) is 2.70. The predicted octanol–water partition coefficient (Wildman–Crippen LogP) is 3.59. The summed E-state index contributed by atoms with van der Waals surface area (Å²) in [5.74, 6) is -0.207. The maximum Gasteiger partial charge on any atom is 0.137 e. The lowest BCUT2D eigenvalue weighted by molar-refractivity contribution is 0.0725. The van der Waals surface area contributed by atoms with Crippen molar-refractivity contribution >= 4 is 15.9 Å². The smallest absolute Gasteiger partial charge is 0.137 e. The van der Waals surface area contributed by atoms with Gasteiger partial charge in [-0.15, -0.1) is 0 Å². The van der Waals surface area contributed by atoms with E-state index in [1.165, 1.54) is 12.5 Å². The van der Waals surface area contributed by atoms with E-state index >= 15 is 0 Å². The van der Waals surface area contributed by atoms with Crippen LogP contribution in [-0.2, 0) is 11.3 Å². The number of hydrogen-bond donors (Lipinski definition) is 0. The molecule has 2 rings (SSSR count). The van der Waals surface area contributed by atoms with Gasteiger partial charge >= 0.3 is 0 Å². The summed E-state index contributed by atoms with van der Waals surface area (Å²) in [4.78, 5) is 2.34. The highest BCUT2D eigenvalue weighted by atomic mass is 79.9. The largest absolute Gasteiger partial charge is 0.377 e. The molecular formula is C14H19BrFNO. The Morgan fingerprint density at radius 2 is 2.33 bits per heavy atom. The maximum atomic E-state index is 13.2. The molecule has 1 unspecified atom stereocenters. The van der Waals surface area contributed by atoms with Crippen molar-refractivity contribution in [1.82, 2.24) is 4.90 Å². The first kappa shape index (κ1) is 14.0. The number of ether oxygens (including phenoxy) is 1. The third-order valence-corrected chi connectivity index (χ3v) is 3.93. The molecule has 1 saturated heterocycles. The summed E-state index contributed by atoms with van der Waals surface area (Å²) in [6.45, 7) is 5.83. The summed E-state index contributed by atoms with van der Waals surface area (Å²) in [5.41, 5.74) is 1.13. The van der Waals surface area contributed by atoms with Gasteiger partial charge in [0.1, 0.15) is 5.82 Å². The zero-order valence-electron chi connectivity index (χ0n) is 10.7. The van der Waals surface area contributed by atoms with Crippen molar-refractivity contribution in [1.29, 1.82) is 0 Å². The van der Waals surface area contributed by atoms with Crippen molar-refractivity contribution in [3.05, 3.63) is 34.1 Å². The van der Waals surface area contributed by atoms with Gasteiger partial charge in [0.15, 0.2) is 0 Å². The second-order valence-electron chi connectivity index (χ2n) is 4.71. The molecule has 1 heterocycles. The van der Waals surface area contributed by atoms with Crippen LogP contribution in [0.25, 0.3) is 0 Å². The van der Waals surface area contributed by atoms with E-state index in [1.54, 1.807) is 0 Å². The average Bonchev–Trinajstić information content (AvgIpc) is 2.86. The summed E-state index contributed by atoms with van der Waals surface area (Å²) >= 11 is 3.23. The Bertz CT molecular complexity index is 393. The van der Waals surface area contributed by atoms with Gasteiger partial charge in [0.25, 0.3) is 0 Å². The Hall–Kier alpha value is -0.450. The van der Waals surface area contributed by atoms with Crippen LogP contribution in [0.5, 0.6) is 0 Å². The van der Waals surface area contributed by atoms with Crippen LogP contribution >= 0.6 is 15.9 Å². The van der Waals surface area contributed by atoms with E-state index in [9.17, 15) is 4.39 Å². The van der Waals surface area contributed by atoms with Gasteiger partial charge in [-0.2, -0.15) is 0 Å². The van der Waals surface area contributed by atoms with Gasteiger partial charge in [0, 0.05) is 19.7 Å². The van der Waals surface area contributed by atoms with Gasteiger partial charge in [-0.05, 0) is 53.0 Å². The molecule has 2 nitrogen and oxygen atoms in total. The lowest BCUT2D eigenvalue weighted by Gasteiger charge is -2.23. The summed E-state index contributed by atoms with van der Waals surface area (Å²) < 4.78 is 19.4. The van der Waals surface area contributed by atoms with Crippen LogP contribution in [0.3, 0.4) is 0 Å². The minimum absolute atomic E-state index is 0.207. The maximum absolute atomic E-state index is 13.2. The zero-order valence-corrected chi connectivity index (χ0v) is 12.2. The Balaban J connectivity index is 1.94. The van der Waals surface area contributed by atoms with Crippen LogP contribution < -0.4 is 0 Å². The molecule has 0 saturated carbocycles. The second kappa shape index (κ2) is 6.64. The molecule has 0 N–H and O–H groups in total. The highest BCUT2D eigenvalue weighted by Crippen LogP contribution is 2.19. The summed E-state index contributed by atoms with van der Waals surface area (Å²) in [7, 11) is 0. The van der Waals surface area contributed by atoms with Crippen molar-refractivity contribution in [2.45, 2.75) is 32.4 Å². The van der Waals surface area contributed by atoms with E-state index in [0.717, 1.165) is 38.2 Å². The molecule has 1 atom stereocenters. The van der Waals surface area contributed by atoms with Crippen molar-refractivity contribution in [3.63, 3.8) is 0 Å². The first-order valence-electron chi connectivity index (χ1n) is 6.47. The molecule has 0 bridgehead atoms. The van der Waals surface area contributed by atoms with Crippen molar-refractivity contribution in [2.75, 3.05) is 19.7 Å². The molecule has 18 heavy (non-hydrogen) atoms. The van der Waals surface area contributed by atoms with Gasteiger partial charge in [-0.1, -0.05) is 13.0 Å². The molecule has 1 fully saturated rings. The van der Waals surface area contributed by atoms with E-state index in [4.69, 9.17) is 4.74 Å². The molecule has 1 aliphatic heterocycles. The van der Waals surface area contributed by atoms with Gasteiger partial charge in [-0.25, -0.2) is 4.39 Å². The van der Waals surface area contributed by atoms with Crippen LogP contribution in [-0.4, -0.2) is 30.7 Å². The molecule has 0 amide bonds. The molecule has 0 radical (unpaired) electrons. The molecular weight excluding hydrogens is 297 g/mol. The van der Waals surface area contributed by atoms with Crippen molar-refractivity contribution in [3.8, 4) is 0 Å². The first-order valence-corrected chi connectivity index (χ1v) is 7.26. The SMILES string of the molecule is CCN(Cc1ccc(F)c(Br)c1)CC1CCCO1. The van der Waals surface area contributed by atoms with E-state index in [2.05, 4.69) is 27.8 Å². The quantitative estimate of drug-likeness (QED) is 0.823. The molecule has 100 valence electrons. The number of likely N-dealkylation sites (N-methyl/N-ethyl adjacent to an activating group) is 1. The highest BCUT2D eigenvalue weighted by Gasteiger charge is 2.18. The van der Waals surface area contributed by atoms with E-state index in [0.29, 0.717) is 10.6 Å². The van der Waals surface area contributed by atoms with Gasteiger partial charge in [-0.3, -0.25) is 4.90 Å². The van der Waals surface area contributed by atoms with Crippen LogP contribution in [0.2, 0.25) is 0 Å². The van der Waals surface area contributed by atoms with Crippen LogP contribution in [0, 0.1) is 5.82 Å². The van der Waals surface area contributed by atoms with Crippen LogP contribution in [0.15, 0.2) is 22.7 Å². The summed E-state index contributed by atoms with van der Waals surface area (Å²) in [5, 5.41) is 0. The minimum atomic E-state index is -0.207. The van der Waals surface area contributed by atoms with Crippen molar-refractivity contribution in [2.24, 2.45) is 0 Å². The van der Waals surface area contributed by atoms with E-state index in [1.807, 2.05) is 12.1 Å². The average molecular weight is 316 g/mol. The second-order valence-corrected chi connectivity index (χ2v) is 5.57. The van der Waals surface area contributed by atoms with Gasteiger partial charge in [0.2, 0.25) is 0 Å². The Labute approximate surface area is 116 Å². The third kappa shape index (κ3) is 3.77. The van der Waals surface area contributed by atoms with Crippen molar-refractivity contribution < 1.29 is 9.13 Å². The highest BCUT2D eigenvalue weighted by molar-refractivity contribution is 9.10. The fraction of sp³-hybridized carbons (Fsp3) is 0.571. The molecule has 1 aromatic carbocycles. The van der Waals surface area contributed by atoms with Crippen LogP contribution in [0.4, 0.5) is 4.39 Å². The fourth-order valence-corrected chi connectivity index (χ4v) is 2.70. The van der Waals surface area contributed by atoms with E-state index < -0.39 is 0 Å². The molecule has 1 aromatic rings. The Morgan fingerprint density at radius 3 is 2.94 bits per heavy atom. The Morgan fingerprint density at radius 1 is 1.50 bits per heavy atom. The molecule has 0 spiro atoms. The van der Waals surface area contributed by atoms with Gasteiger partial charge < -0.3 is 4.74 Å². The van der Waals surface area contributed by atoms with Crippen LogP contribution in [0.1, 0.15) is 25.3 Å². The molecule has 4 heteroatoms. The number of rotatable bonds is 5. The van der Waals surface area contributed by atoms with E-state index in [-0.39, 0.29) is 5.82 Å². The molecule has 1 aliphatic rings. The number of hydrogen-bond acceptors (Lipinski definition) is 2. The molecule has 0 aliphatic carbocycles. The minimum Gasteiger partial charge on any atom is -0.377 e.